The number of nitriles is 2. The molecule has 7 heteroatoms. The van der Waals surface area contributed by atoms with Gasteiger partial charge in [-0.1, -0.05) is 0 Å². The van der Waals surface area contributed by atoms with Crippen molar-refractivity contribution in [3.63, 3.8) is 0 Å². The Morgan fingerprint density at radius 1 is 0.929 bits per heavy atom. The Balaban J connectivity index is 1.87. The van der Waals surface area contributed by atoms with E-state index in [0.29, 0.717) is 41.4 Å². The van der Waals surface area contributed by atoms with E-state index in [1.807, 2.05) is 12.1 Å². The summed E-state index contributed by atoms with van der Waals surface area (Å²) in [5, 5.41) is 17.9. The van der Waals surface area contributed by atoms with Crippen LogP contribution in [0.4, 0.5) is 0 Å². The molecule has 2 rings (SSSR count). The van der Waals surface area contributed by atoms with Crippen molar-refractivity contribution in [2.24, 2.45) is 0 Å². The van der Waals surface area contributed by atoms with E-state index in [9.17, 15) is 4.79 Å². The molecular weight excluding hydrogens is 360 g/mol. The lowest BCUT2D eigenvalue weighted by atomic mass is 10.2. The van der Waals surface area contributed by atoms with Crippen molar-refractivity contribution in [1.82, 2.24) is 0 Å². The summed E-state index contributed by atoms with van der Waals surface area (Å²) in [6.07, 6.45) is 0.576. The van der Waals surface area contributed by atoms with E-state index in [1.54, 1.807) is 37.3 Å². The van der Waals surface area contributed by atoms with Gasteiger partial charge in [0.2, 0.25) is 0 Å². The summed E-state index contributed by atoms with van der Waals surface area (Å²) in [6.45, 7) is 2.47. The van der Waals surface area contributed by atoms with Crippen LogP contribution in [-0.2, 0) is 4.79 Å². The van der Waals surface area contributed by atoms with Crippen LogP contribution in [-0.4, -0.2) is 26.3 Å². The van der Waals surface area contributed by atoms with Crippen LogP contribution in [0.25, 0.3) is 0 Å². The number of carbonyl (C=O) groups excluding carboxylic acids is 1. The van der Waals surface area contributed by atoms with Gasteiger partial charge in [0.25, 0.3) is 0 Å². The molecule has 7 nitrogen and oxygen atoms in total. The summed E-state index contributed by atoms with van der Waals surface area (Å²) in [5.41, 5.74) is 0.897. The second-order valence-corrected chi connectivity index (χ2v) is 5.61. The van der Waals surface area contributed by atoms with E-state index >= 15 is 0 Å². The van der Waals surface area contributed by atoms with E-state index in [1.165, 1.54) is 13.2 Å². The van der Waals surface area contributed by atoms with Crippen LogP contribution in [0, 0.1) is 22.7 Å². The molecule has 0 aliphatic carbocycles. The Labute approximate surface area is 163 Å². The van der Waals surface area contributed by atoms with Gasteiger partial charge in [0, 0.05) is 18.6 Å². The topological polar surface area (TPSA) is 102 Å². The van der Waals surface area contributed by atoms with Gasteiger partial charge in [-0.3, -0.25) is 4.79 Å². The molecule has 2 aromatic carbocycles. The van der Waals surface area contributed by atoms with Crippen molar-refractivity contribution in [1.29, 1.82) is 10.5 Å². The van der Waals surface area contributed by atoms with Gasteiger partial charge in [-0.15, -0.1) is 0 Å². The highest BCUT2D eigenvalue weighted by Gasteiger charge is 2.12. The Kier molecular flexibility index (Phi) is 7.68. The predicted molar refractivity (Wildman–Crippen MR) is 100 cm³/mol. The third-order valence-corrected chi connectivity index (χ3v) is 3.67. The van der Waals surface area contributed by atoms with Gasteiger partial charge in [0.1, 0.15) is 0 Å². The molecule has 2 aromatic rings. The number of carbonyl (C=O) groups is 1. The molecule has 0 atom stereocenters. The van der Waals surface area contributed by atoms with E-state index in [0.717, 1.165) is 0 Å². The highest BCUT2D eigenvalue weighted by molar-refractivity contribution is 5.73. The second kappa shape index (κ2) is 10.4. The summed E-state index contributed by atoms with van der Waals surface area (Å²) in [7, 11) is 1.49. The zero-order chi connectivity index (χ0) is 20.4. The number of hydrogen-bond acceptors (Lipinski definition) is 7. The summed E-state index contributed by atoms with van der Waals surface area (Å²) in [4.78, 5) is 12.1. The van der Waals surface area contributed by atoms with Crippen molar-refractivity contribution < 1.29 is 23.7 Å². The smallest absolute Gasteiger partial charge is 0.311 e. The first-order valence-corrected chi connectivity index (χ1v) is 8.69. The normalized spacial score (nSPS) is 9.71. The van der Waals surface area contributed by atoms with Crippen LogP contribution in [0.15, 0.2) is 36.4 Å². The van der Waals surface area contributed by atoms with Crippen LogP contribution in [0.3, 0.4) is 0 Å². The molecule has 28 heavy (non-hydrogen) atoms. The Hall–Kier alpha value is -3.71. The maximum atomic E-state index is 12.1. The molecule has 0 bridgehead atoms. The van der Waals surface area contributed by atoms with Crippen LogP contribution < -0.4 is 18.9 Å². The van der Waals surface area contributed by atoms with E-state index in [4.69, 9.17) is 29.5 Å². The molecule has 0 fully saturated rings. The molecule has 0 radical (unpaired) electrons. The van der Waals surface area contributed by atoms with Crippen LogP contribution in [0.2, 0.25) is 0 Å². The highest BCUT2D eigenvalue weighted by atomic mass is 16.6. The summed E-state index contributed by atoms with van der Waals surface area (Å²) >= 11 is 0. The molecule has 0 aliphatic heterocycles. The van der Waals surface area contributed by atoms with E-state index < -0.39 is 5.97 Å². The first-order valence-electron chi connectivity index (χ1n) is 8.69. The van der Waals surface area contributed by atoms with Gasteiger partial charge in [-0.25, -0.2) is 0 Å². The Bertz CT molecular complexity index is 912. The fraction of sp³-hybridized carbons (Fsp3) is 0.286. The predicted octanol–water partition coefficient (Wildman–Crippen LogP) is 3.60. The first kappa shape index (κ1) is 20.6. The molecule has 0 unspecified atom stereocenters. The van der Waals surface area contributed by atoms with E-state index in [2.05, 4.69) is 0 Å². The van der Waals surface area contributed by atoms with Crippen LogP contribution in [0.5, 0.6) is 23.0 Å². The molecule has 0 saturated carbocycles. The van der Waals surface area contributed by atoms with E-state index in [-0.39, 0.29) is 18.8 Å². The number of nitrogens with zero attached hydrogens (tertiary/aromatic N) is 2. The van der Waals surface area contributed by atoms with Crippen molar-refractivity contribution >= 4 is 5.97 Å². The van der Waals surface area contributed by atoms with Crippen LogP contribution >= 0.6 is 0 Å². The number of ether oxygens (including phenoxy) is 4. The largest absolute Gasteiger partial charge is 0.493 e. The molecule has 0 spiro atoms. The third-order valence-electron chi connectivity index (χ3n) is 3.67. The molecular formula is C21H20N2O5. The zero-order valence-electron chi connectivity index (χ0n) is 15.7. The molecule has 0 aromatic heterocycles. The van der Waals surface area contributed by atoms with Crippen molar-refractivity contribution in [2.75, 3.05) is 20.3 Å². The van der Waals surface area contributed by atoms with Gasteiger partial charge in [0.05, 0.1) is 43.6 Å². The van der Waals surface area contributed by atoms with Crippen LogP contribution in [0.1, 0.15) is 30.9 Å². The fourth-order valence-corrected chi connectivity index (χ4v) is 2.36. The Morgan fingerprint density at radius 2 is 1.57 bits per heavy atom. The minimum atomic E-state index is -0.430. The zero-order valence-corrected chi connectivity index (χ0v) is 15.7. The van der Waals surface area contributed by atoms with Gasteiger partial charge >= 0.3 is 5.97 Å². The quantitative estimate of drug-likeness (QED) is 0.372. The number of methoxy groups -OCH3 is 1. The SMILES string of the molecule is CCOc1cc(C#N)ccc1OC(=O)CCCOc1ccc(C#N)cc1OC. The Morgan fingerprint density at radius 3 is 2.18 bits per heavy atom. The minimum Gasteiger partial charge on any atom is -0.493 e. The number of benzene rings is 2. The molecule has 144 valence electrons. The van der Waals surface area contributed by atoms with Gasteiger partial charge in [-0.05, 0) is 37.6 Å². The average Bonchev–Trinajstić information content (AvgIpc) is 2.72. The van der Waals surface area contributed by atoms with Crippen molar-refractivity contribution in [2.45, 2.75) is 19.8 Å². The third kappa shape index (κ3) is 5.65. The monoisotopic (exact) mass is 380 g/mol. The standard InChI is InChI=1S/C21H20N2O5/c1-3-26-20-12-16(14-23)7-9-18(20)28-21(24)5-4-10-27-17-8-6-15(13-22)11-19(17)25-2/h6-9,11-12H,3-5,10H2,1-2H3. The highest BCUT2D eigenvalue weighted by Crippen LogP contribution is 2.29. The van der Waals surface area contributed by atoms with Crippen molar-refractivity contribution in [3.8, 4) is 35.1 Å². The van der Waals surface area contributed by atoms with Gasteiger partial charge < -0.3 is 18.9 Å². The average molecular weight is 380 g/mol. The maximum absolute atomic E-state index is 12.1. The fourth-order valence-electron chi connectivity index (χ4n) is 2.36. The summed E-state index contributed by atoms with van der Waals surface area (Å²) in [5.74, 6) is 1.16. The molecule has 0 aliphatic rings. The number of rotatable bonds is 9. The lowest BCUT2D eigenvalue weighted by Gasteiger charge is -2.12. The number of hydrogen-bond donors (Lipinski definition) is 0. The summed E-state index contributed by atoms with van der Waals surface area (Å²) < 4.78 is 21.6. The van der Waals surface area contributed by atoms with Crippen molar-refractivity contribution in [3.05, 3.63) is 47.5 Å². The minimum absolute atomic E-state index is 0.143. The molecule has 0 saturated heterocycles. The summed E-state index contributed by atoms with van der Waals surface area (Å²) in [6, 6.07) is 13.6. The van der Waals surface area contributed by atoms with Gasteiger partial charge in [0.15, 0.2) is 23.0 Å². The molecule has 0 heterocycles. The first-order chi connectivity index (χ1) is 13.6. The van der Waals surface area contributed by atoms with Gasteiger partial charge in [-0.2, -0.15) is 10.5 Å². The molecule has 0 N–H and O–H groups in total. The lowest BCUT2D eigenvalue weighted by molar-refractivity contribution is -0.134. The second-order valence-electron chi connectivity index (χ2n) is 5.61. The lowest BCUT2D eigenvalue weighted by Crippen LogP contribution is -2.11. The maximum Gasteiger partial charge on any atom is 0.311 e. The molecule has 0 amide bonds. The number of esters is 1.